The summed E-state index contributed by atoms with van der Waals surface area (Å²) in [6, 6.07) is 6.25. The Hall–Kier alpha value is -3.10. The molecule has 7 nitrogen and oxygen atoms in total. The number of hydrogen-bond donors (Lipinski definition) is 0. The summed E-state index contributed by atoms with van der Waals surface area (Å²) in [4.78, 5) is 8.82. The lowest BCUT2D eigenvalue weighted by atomic mass is 10.1. The van der Waals surface area contributed by atoms with Crippen LogP contribution in [0.1, 0.15) is 12.6 Å². The number of rotatable bonds is 7. The molecule has 0 amide bonds. The van der Waals surface area contributed by atoms with Crippen LogP contribution in [0.4, 0.5) is 8.78 Å². The van der Waals surface area contributed by atoms with Crippen molar-refractivity contribution in [3.63, 3.8) is 0 Å². The summed E-state index contributed by atoms with van der Waals surface area (Å²) in [6.45, 7) is -0.298. The minimum Gasteiger partial charge on any atom is -0.476 e. The highest BCUT2D eigenvalue weighted by Crippen LogP contribution is 2.29. The molecule has 25 heavy (non-hydrogen) atoms. The van der Waals surface area contributed by atoms with E-state index in [1.54, 1.807) is 35.4 Å². The SMILES string of the molecule is CCOc1ncc(Cn2ccnn2)nc1-c1cccc(OC(F)F)c1. The van der Waals surface area contributed by atoms with E-state index in [1.165, 1.54) is 12.1 Å². The lowest BCUT2D eigenvalue weighted by Crippen LogP contribution is -2.07. The van der Waals surface area contributed by atoms with E-state index in [4.69, 9.17) is 4.74 Å². The molecule has 0 saturated heterocycles. The lowest BCUT2D eigenvalue weighted by Gasteiger charge is -2.11. The van der Waals surface area contributed by atoms with Gasteiger partial charge in [-0.1, -0.05) is 17.3 Å². The molecule has 0 saturated carbocycles. The maximum absolute atomic E-state index is 12.4. The van der Waals surface area contributed by atoms with Gasteiger partial charge in [-0.2, -0.15) is 8.78 Å². The largest absolute Gasteiger partial charge is 0.476 e. The summed E-state index contributed by atoms with van der Waals surface area (Å²) in [5, 5.41) is 7.62. The normalized spacial score (nSPS) is 10.9. The van der Waals surface area contributed by atoms with Crippen molar-refractivity contribution < 1.29 is 18.3 Å². The van der Waals surface area contributed by atoms with Crippen molar-refractivity contribution >= 4 is 0 Å². The van der Waals surface area contributed by atoms with Gasteiger partial charge in [-0.25, -0.2) is 14.6 Å². The number of halogens is 2. The minimum atomic E-state index is -2.90. The highest BCUT2D eigenvalue weighted by Gasteiger charge is 2.14. The second-order valence-electron chi connectivity index (χ2n) is 4.96. The first-order chi connectivity index (χ1) is 12.2. The molecule has 0 unspecified atom stereocenters. The molecule has 0 aliphatic heterocycles. The number of alkyl halides is 2. The molecule has 0 N–H and O–H groups in total. The van der Waals surface area contributed by atoms with E-state index < -0.39 is 6.61 Å². The third kappa shape index (κ3) is 4.25. The summed E-state index contributed by atoms with van der Waals surface area (Å²) in [7, 11) is 0. The van der Waals surface area contributed by atoms with Gasteiger partial charge in [0.05, 0.1) is 31.2 Å². The Labute approximate surface area is 142 Å². The number of hydrogen-bond acceptors (Lipinski definition) is 6. The third-order valence-electron chi connectivity index (χ3n) is 3.20. The smallest absolute Gasteiger partial charge is 0.387 e. The lowest BCUT2D eigenvalue weighted by molar-refractivity contribution is -0.0498. The van der Waals surface area contributed by atoms with Crippen LogP contribution in [0.3, 0.4) is 0 Å². The van der Waals surface area contributed by atoms with Crippen LogP contribution in [0.5, 0.6) is 11.6 Å². The molecule has 0 spiro atoms. The Bertz CT molecular complexity index is 827. The molecule has 1 aromatic carbocycles. The standard InChI is InChI=1S/C16H15F2N5O2/c1-2-24-15-14(11-4-3-5-13(8-11)25-16(17)18)21-12(9-19-15)10-23-7-6-20-22-23/h3-9,16H,2,10H2,1H3. The topological polar surface area (TPSA) is 75.0 Å². The van der Waals surface area contributed by atoms with Gasteiger partial charge in [0.25, 0.3) is 0 Å². The van der Waals surface area contributed by atoms with Crippen molar-refractivity contribution in [1.29, 1.82) is 0 Å². The van der Waals surface area contributed by atoms with Gasteiger partial charge >= 0.3 is 6.61 Å². The fourth-order valence-electron chi connectivity index (χ4n) is 2.22. The Morgan fingerprint density at radius 1 is 1.28 bits per heavy atom. The molecule has 3 rings (SSSR count). The zero-order chi connectivity index (χ0) is 17.6. The first-order valence-electron chi connectivity index (χ1n) is 7.53. The highest BCUT2D eigenvalue weighted by molar-refractivity contribution is 5.66. The van der Waals surface area contributed by atoms with Crippen LogP contribution in [0.25, 0.3) is 11.3 Å². The number of nitrogens with zero attached hydrogens (tertiary/aromatic N) is 5. The van der Waals surface area contributed by atoms with Gasteiger partial charge in [0.1, 0.15) is 11.4 Å². The van der Waals surface area contributed by atoms with Crippen LogP contribution in [0.15, 0.2) is 42.9 Å². The summed E-state index contributed by atoms with van der Waals surface area (Å²) >= 11 is 0. The van der Waals surface area contributed by atoms with Crippen molar-refractivity contribution in [2.24, 2.45) is 0 Å². The zero-order valence-electron chi connectivity index (χ0n) is 13.3. The van der Waals surface area contributed by atoms with Gasteiger partial charge in [-0.15, -0.1) is 5.10 Å². The maximum Gasteiger partial charge on any atom is 0.387 e. The predicted octanol–water partition coefficient (Wildman–Crippen LogP) is 2.78. The predicted molar refractivity (Wildman–Crippen MR) is 84.4 cm³/mol. The van der Waals surface area contributed by atoms with Crippen LogP contribution in [-0.2, 0) is 6.54 Å². The first-order valence-corrected chi connectivity index (χ1v) is 7.53. The fraction of sp³-hybridized carbons (Fsp3) is 0.250. The summed E-state index contributed by atoms with van der Waals surface area (Å²) in [5.74, 6) is 0.359. The second kappa shape index (κ2) is 7.65. The van der Waals surface area contributed by atoms with Crippen molar-refractivity contribution in [3.05, 3.63) is 48.5 Å². The quantitative estimate of drug-likeness (QED) is 0.654. The molecule has 130 valence electrons. The summed E-state index contributed by atoms with van der Waals surface area (Å²) in [6.07, 6.45) is 4.85. The van der Waals surface area contributed by atoms with Gasteiger partial charge in [0.2, 0.25) is 5.88 Å². The van der Waals surface area contributed by atoms with Crippen LogP contribution < -0.4 is 9.47 Å². The minimum absolute atomic E-state index is 0.0402. The molecule has 2 heterocycles. The van der Waals surface area contributed by atoms with Crippen LogP contribution in [0.2, 0.25) is 0 Å². The molecule has 0 radical (unpaired) electrons. The van der Waals surface area contributed by atoms with Crippen LogP contribution in [0, 0.1) is 0 Å². The van der Waals surface area contributed by atoms with E-state index in [9.17, 15) is 8.78 Å². The van der Waals surface area contributed by atoms with E-state index in [-0.39, 0.29) is 5.75 Å². The average Bonchev–Trinajstić information content (AvgIpc) is 3.09. The van der Waals surface area contributed by atoms with Crippen molar-refractivity contribution in [2.75, 3.05) is 6.61 Å². The second-order valence-corrected chi connectivity index (χ2v) is 4.96. The van der Waals surface area contributed by atoms with E-state index >= 15 is 0 Å². The molecule has 3 aromatic rings. The van der Waals surface area contributed by atoms with Gasteiger partial charge in [0, 0.05) is 11.8 Å². The molecule has 2 aromatic heterocycles. The van der Waals surface area contributed by atoms with Crippen LogP contribution >= 0.6 is 0 Å². The van der Waals surface area contributed by atoms with E-state index in [0.29, 0.717) is 36.0 Å². The van der Waals surface area contributed by atoms with E-state index in [0.717, 1.165) is 0 Å². The van der Waals surface area contributed by atoms with Crippen molar-refractivity contribution in [1.82, 2.24) is 25.0 Å². The summed E-state index contributed by atoms with van der Waals surface area (Å²) < 4.78 is 36.4. The van der Waals surface area contributed by atoms with Gasteiger partial charge in [-0.3, -0.25) is 0 Å². The first kappa shape index (κ1) is 16.7. The van der Waals surface area contributed by atoms with E-state index in [2.05, 4.69) is 25.0 Å². The van der Waals surface area contributed by atoms with E-state index in [1.807, 2.05) is 6.92 Å². The molecular formula is C16H15F2N5O2. The van der Waals surface area contributed by atoms with Gasteiger partial charge in [-0.05, 0) is 19.1 Å². The Balaban J connectivity index is 1.97. The monoisotopic (exact) mass is 347 g/mol. The fourth-order valence-corrected chi connectivity index (χ4v) is 2.22. The average molecular weight is 347 g/mol. The van der Waals surface area contributed by atoms with Crippen molar-refractivity contribution in [2.45, 2.75) is 20.1 Å². The van der Waals surface area contributed by atoms with Gasteiger partial charge in [0.15, 0.2) is 0 Å². The highest BCUT2D eigenvalue weighted by atomic mass is 19.3. The molecular weight excluding hydrogens is 332 g/mol. The third-order valence-corrected chi connectivity index (χ3v) is 3.20. The molecule has 0 aliphatic rings. The maximum atomic E-state index is 12.4. The molecule has 0 bridgehead atoms. The number of aromatic nitrogens is 5. The number of benzene rings is 1. The van der Waals surface area contributed by atoms with Gasteiger partial charge < -0.3 is 9.47 Å². The molecule has 0 atom stereocenters. The summed E-state index contributed by atoms with van der Waals surface area (Å²) in [5.41, 5.74) is 1.64. The Morgan fingerprint density at radius 3 is 2.88 bits per heavy atom. The molecule has 0 aliphatic carbocycles. The van der Waals surface area contributed by atoms with Crippen LogP contribution in [-0.4, -0.2) is 38.2 Å². The zero-order valence-corrected chi connectivity index (χ0v) is 13.3. The molecule has 9 heteroatoms. The Kier molecular flexibility index (Phi) is 5.12. The van der Waals surface area contributed by atoms with Crippen molar-refractivity contribution in [3.8, 4) is 22.9 Å². The Morgan fingerprint density at radius 2 is 2.16 bits per heavy atom. The molecule has 0 fully saturated rings. The number of ether oxygens (including phenoxy) is 2.